The van der Waals surface area contributed by atoms with E-state index in [1.807, 2.05) is 0 Å². The lowest BCUT2D eigenvalue weighted by molar-refractivity contribution is 1.08. The van der Waals surface area contributed by atoms with Crippen molar-refractivity contribution in [2.75, 3.05) is 0 Å². The molecule has 2 radical (unpaired) electrons. The van der Waals surface area contributed by atoms with Crippen LogP contribution in [0.4, 0.5) is 0 Å². The van der Waals surface area contributed by atoms with Crippen LogP contribution in [0.15, 0.2) is 0 Å². The molecule has 0 atom stereocenters. The standard InChI is InChI=1S/C3H7B.2CH4/c1-2-3-4;;/h2-3H2,1H3;2*1H4. The van der Waals surface area contributed by atoms with E-state index >= 15 is 0 Å². The van der Waals surface area contributed by atoms with Crippen LogP contribution in [0.5, 0.6) is 0 Å². The van der Waals surface area contributed by atoms with Crippen molar-refractivity contribution in [1.29, 1.82) is 0 Å². The maximum atomic E-state index is 5.03. The summed E-state index contributed by atoms with van der Waals surface area (Å²) in [6.07, 6.45) is 1.92. The summed E-state index contributed by atoms with van der Waals surface area (Å²) in [7, 11) is 5.03. The molecule has 0 saturated carbocycles. The first-order chi connectivity index (χ1) is 1.91. The third-order valence-electron chi connectivity index (χ3n) is 0.289. The maximum absolute atomic E-state index is 5.03. The topological polar surface area (TPSA) is 0 Å². The summed E-state index contributed by atoms with van der Waals surface area (Å²) in [5.74, 6) is 0. The highest BCUT2D eigenvalue weighted by atomic mass is 13.5. The minimum absolute atomic E-state index is 0. The number of hydrogen-bond donors (Lipinski definition) is 0. The SMILES string of the molecule is C.C.[B]CCC. The van der Waals surface area contributed by atoms with Crippen molar-refractivity contribution in [2.24, 2.45) is 0 Å². The largest absolute Gasteiger partial charge is 0.0889 e. The summed E-state index contributed by atoms with van der Waals surface area (Å²) < 4.78 is 0. The van der Waals surface area contributed by atoms with E-state index < -0.39 is 0 Å². The van der Waals surface area contributed by atoms with Crippen molar-refractivity contribution in [3.8, 4) is 0 Å². The Morgan fingerprint density at radius 2 is 1.50 bits per heavy atom. The predicted octanol–water partition coefficient (Wildman–Crippen LogP) is 2.26. The van der Waals surface area contributed by atoms with E-state index in [-0.39, 0.29) is 14.9 Å². The number of hydrogen-bond acceptors (Lipinski definition) is 0. The Balaban J connectivity index is -0.0000000450. The fraction of sp³-hybridized carbons (Fsp3) is 1.00. The van der Waals surface area contributed by atoms with Crippen molar-refractivity contribution < 1.29 is 0 Å². The molecule has 0 rings (SSSR count). The zero-order valence-electron chi connectivity index (χ0n) is 2.99. The monoisotopic (exact) mass is 86.1 g/mol. The Morgan fingerprint density at radius 1 is 1.33 bits per heavy atom. The van der Waals surface area contributed by atoms with E-state index in [4.69, 9.17) is 7.85 Å². The third kappa shape index (κ3) is 33.7. The van der Waals surface area contributed by atoms with Gasteiger partial charge in [-0.3, -0.25) is 0 Å². The molecule has 0 aliphatic carbocycles. The van der Waals surface area contributed by atoms with Crippen molar-refractivity contribution in [3.05, 3.63) is 0 Å². The van der Waals surface area contributed by atoms with Crippen LogP contribution < -0.4 is 0 Å². The molecule has 6 heavy (non-hydrogen) atoms. The van der Waals surface area contributed by atoms with E-state index in [1.165, 1.54) is 0 Å². The van der Waals surface area contributed by atoms with Gasteiger partial charge in [0, 0.05) is 0 Å². The number of rotatable bonds is 1. The minimum atomic E-state index is 0. The Hall–Kier alpha value is 0.0649. The lowest BCUT2D eigenvalue weighted by atomic mass is 10.0. The van der Waals surface area contributed by atoms with Gasteiger partial charge in [0.1, 0.15) is 0 Å². The third-order valence-corrected chi connectivity index (χ3v) is 0.289. The van der Waals surface area contributed by atoms with Gasteiger partial charge >= 0.3 is 0 Å². The fourth-order valence-corrected chi connectivity index (χ4v) is 0. The van der Waals surface area contributed by atoms with Gasteiger partial charge in [-0.2, -0.15) is 0 Å². The lowest BCUT2D eigenvalue weighted by Crippen LogP contribution is -1.55. The summed E-state index contributed by atoms with van der Waals surface area (Å²) >= 11 is 0. The zero-order chi connectivity index (χ0) is 3.41. The van der Waals surface area contributed by atoms with Crippen LogP contribution in [0.3, 0.4) is 0 Å². The first-order valence-corrected chi connectivity index (χ1v) is 1.62. The van der Waals surface area contributed by atoms with Gasteiger partial charge in [0.2, 0.25) is 0 Å². The van der Waals surface area contributed by atoms with Gasteiger partial charge in [-0.1, -0.05) is 34.5 Å². The molecule has 0 aliphatic heterocycles. The highest BCUT2D eigenvalue weighted by Gasteiger charge is 1.57. The van der Waals surface area contributed by atoms with Crippen LogP contribution >= 0.6 is 0 Å². The molecule has 0 nitrogen and oxygen atoms in total. The van der Waals surface area contributed by atoms with Crippen LogP contribution in [-0.4, -0.2) is 7.85 Å². The Bertz CT molecular complexity index is 5.90. The second-order valence-corrected chi connectivity index (χ2v) is 0.789. The smallest absolute Gasteiger partial charge is 0.0652 e. The van der Waals surface area contributed by atoms with Crippen molar-refractivity contribution in [3.63, 3.8) is 0 Å². The molecule has 0 aromatic carbocycles. The van der Waals surface area contributed by atoms with E-state index in [0.717, 1.165) is 12.7 Å². The van der Waals surface area contributed by atoms with Crippen LogP contribution in [0.2, 0.25) is 6.32 Å². The van der Waals surface area contributed by atoms with E-state index in [0.29, 0.717) is 0 Å². The van der Waals surface area contributed by atoms with Crippen molar-refractivity contribution >= 4 is 7.85 Å². The van der Waals surface area contributed by atoms with Gasteiger partial charge < -0.3 is 0 Å². The normalized spacial score (nSPS) is 4.83. The first-order valence-electron chi connectivity index (χ1n) is 1.62. The maximum Gasteiger partial charge on any atom is 0.0652 e. The van der Waals surface area contributed by atoms with E-state index in [1.54, 1.807) is 0 Å². The van der Waals surface area contributed by atoms with Crippen molar-refractivity contribution in [2.45, 2.75) is 34.5 Å². The van der Waals surface area contributed by atoms with E-state index in [2.05, 4.69) is 6.92 Å². The van der Waals surface area contributed by atoms with Gasteiger partial charge in [0.05, 0.1) is 7.85 Å². The highest BCUT2D eigenvalue weighted by molar-refractivity contribution is 6.08. The summed E-state index contributed by atoms with van der Waals surface area (Å²) in [4.78, 5) is 0. The Kier molecular flexibility index (Phi) is 54.2. The summed E-state index contributed by atoms with van der Waals surface area (Å²) in [6, 6.07) is 0. The van der Waals surface area contributed by atoms with Gasteiger partial charge in [0.25, 0.3) is 0 Å². The molecule has 0 heterocycles. The molecule has 0 amide bonds. The van der Waals surface area contributed by atoms with Gasteiger partial charge in [0.15, 0.2) is 0 Å². The minimum Gasteiger partial charge on any atom is -0.0889 e. The second-order valence-electron chi connectivity index (χ2n) is 0.789. The first kappa shape index (κ1) is 16.6. The lowest BCUT2D eigenvalue weighted by Gasteiger charge is -1.67. The molecule has 1 heteroatoms. The highest BCUT2D eigenvalue weighted by Crippen LogP contribution is 1.73. The van der Waals surface area contributed by atoms with Gasteiger partial charge in [-0.05, 0) is 0 Å². The zero-order valence-corrected chi connectivity index (χ0v) is 2.99. The van der Waals surface area contributed by atoms with E-state index in [9.17, 15) is 0 Å². The van der Waals surface area contributed by atoms with Crippen LogP contribution in [-0.2, 0) is 0 Å². The molecule has 0 saturated heterocycles. The predicted molar refractivity (Wildman–Crippen MR) is 34.3 cm³/mol. The average Bonchev–Trinajstić information content (AvgIpc) is 1.37. The molecule has 0 N–H and O–H groups in total. The Labute approximate surface area is 43.4 Å². The molecule has 0 fully saturated rings. The fourth-order valence-electron chi connectivity index (χ4n) is 0. The van der Waals surface area contributed by atoms with Crippen LogP contribution in [0.1, 0.15) is 28.2 Å². The summed E-state index contributed by atoms with van der Waals surface area (Å²) in [5.41, 5.74) is 0. The molecule has 0 aromatic rings. The second kappa shape index (κ2) is 19.6. The molecular weight excluding hydrogens is 70.9 g/mol. The average molecular weight is 86.0 g/mol. The quantitative estimate of drug-likeness (QED) is 0.429. The van der Waals surface area contributed by atoms with Crippen LogP contribution in [0, 0.1) is 0 Å². The molecule has 0 spiro atoms. The van der Waals surface area contributed by atoms with Gasteiger partial charge in [-0.15, -0.1) is 0 Å². The summed E-state index contributed by atoms with van der Waals surface area (Å²) in [5, 5.41) is 0. The molecule has 38 valence electrons. The molecule has 0 aliphatic rings. The molecule has 0 unspecified atom stereocenters. The van der Waals surface area contributed by atoms with Gasteiger partial charge in [-0.25, -0.2) is 0 Å². The van der Waals surface area contributed by atoms with Crippen LogP contribution in [0.25, 0.3) is 0 Å². The van der Waals surface area contributed by atoms with Crippen molar-refractivity contribution in [1.82, 2.24) is 0 Å². The molecule has 0 aromatic heterocycles. The molecular formula is C5H15B. The summed E-state index contributed by atoms with van der Waals surface area (Å²) in [6.45, 7) is 2.06. The Morgan fingerprint density at radius 3 is 1.50 bits per heavy atom. The molecule has 0 bridgehead atoms.